The molecule has 1 saturated carbocycles. The van der Waals surface area contributed by atoms with E-state index in [0.29, 0.717) is 23.4 Å². The zero-order chi connectivity index (χ0) is 21.5. The van der Waals surface area contributed by atoms with Crippen molar-refractivity contribution in [3.8, 4) is 29.1 Å². The molecule has 154 valence electrons. The second kappa shape index (κ2) is 7.44. The highest BCUT2D eigenvalue weighted by Gasteiger charge is 2.28. The predicted octanol–water partition coefficient (Wildman–Crippen LogP) is 5.69. The van der Waals surface area contributed by atoms with Crippen LogP contribution < -0.4 is 10.5 Å². The molecule has 1 aliphatic carbocycles. The fourth-order valence-electron chi connectivity index (χ4n) is 4.29. The summed E-state index contributed by atoms with van der Waals surface area (Å²) < 4.78 is 8.21. The third-order valence-corrected chi connectivity index (χ3v) is 6.15. The standard InChI is InChI=1S/C25H23N5O/c1-15-12-22(27)16(2)11-20(15)24-21(14-26)19-8-7-18(31-25-28-9-4-10-29-25)13-23(19)30(24)17-5-3-6-17/h4,7-13,17H,3,5-6,27H2,1-2H3. The topological polar surface area (TPSA) is 89.8 Å². The van der Waals surface area contributed by atoms with Gasteiger partial charge in [0.25, 0.3) is 0 Å². The quantitative estimate of drug-likeness (QED) is 0.438. The van der Waals surface area contributed by atoms with Gasteiger partial charge in [0.05, 0.1) is 16.8 Å². The number of nitrogen functional groups attached to an aromatic ring is 1. The molecule has 2 heterocycles. The van der Waals surface area contributed by atoms with E-state index in [1.165, 1.54) is 6.42 Å². The highest BCUT2D eigenvalue weighted by Crippen LogP contribution is 2.44. The van der Waals surface area contributed by atoms with Crippen molar-refractivity contribution < 1.29 is 4.74 Å². The highest BCUT2D eigenvalue weighted by atomic mass is 16.5. The van der Waals surface area contributed by atoms with Gasteiger partial charge in [-0.25, -0.2) is 9.97 Å². The molecule has 1 aliphatic rings. The van der Waals surface area contributed by atoms with Gasteiger partial charge in [-0.2, -0.15) is 5.26 Å². The van der Waals surface area contributed by atoms with Crippen LogP contribution in [0, 0.1) is 25.2 Å². The normalized spacial score (nSPS) is 13.7. The zero-order valence-electron chi connectivity index (χ0n) is 17.6. The van der Waals surface area contributed by atoms with Crippen LogP contribution >= 0.6 is 0 Å². The minimum absolute atomic E-state index is 0.300. The van der Waals surface area contributed by atoms with E-state index in [2.05, 4.69) is 33.6 Å². The summed E-state index contributed by atoms with van der Waals surface area (Å²) >= 11 is 0. The van der Waals surface area contributed by atoms with E-state index < -0.39 is 0 Å². The van der Waals surface area contributed by atoms with Crippen LogP contribution in [0.25, 0.3) is 22.2 Å². The van der Waals surface area contributed by atoms with Crippen molar-refractivity contribution in [1.29, 1.82) is 5.26 Å². The Kier molecular flexibility index (Phi) is 4.59. The molecule has 31 heavy (non-hydrogen) atoms. The first-order valence-corrected chi connectivity index (χ1v) is 10.5. The molecule has 0 radical (unpaired) electrons. The number of rotatable bonds is 4. The lowest BCUT2D eigenvalue weighted by atomic mass is 9.91. The summed E-state index contributed by atoms with van der Waals surface area (Å²) in [6.45, 7) is 4.06. The zero-order valence-corrected chi connectivity index (χ0v) is 17.6. The van der Waals surface area contributed by atoms with Gasteiger partial charge in [0.1, 0.15) is 11.8 Å². The number of hydrogen-bond donors (Lipinski definition) is 1. The minimum atomic E-state index is 0.300. The Balaban J connectivity index is 1.75. The van der Waals surface area contributed by atoms with Crippen LogP contribution in [0.4, 0.5) is 5.69 Å². The first kappa shape index (κ1) is 19.1. The van der Waals surface area contributed by atoms with Crippen LogP contribution in [-0.4, -0.2) is 14.5 Å². The van der Waals surface area contributed by atoms with Gasteiger partial charge in [-0.15, -0.1) is 0 Å². The maximum atomic E-state index is 10.1. The van der Waals surface area contributed by atoms with Gasteiger partial charge in [0, 0.05) is 41.1 Å². The van der Waals surface area contributed by atoms with E-state index in [9.17, 15) is 5.26 Å². The molecule has 0 atom stereocenters. The highest BCUT2D eigenvalue weighted by molar-refractivity contribution is 5.96. The summed E-state index contributed by atoms with van der Waals surface area (Å²) in [6, 6.07) is 14.8. The minimum Gasteiger partial charge on any atom is -0.424 e. The molecule has 4 aromatic rings. The summed E-state index contributed by atoms with van der Waals surface area (Å²) in [6.07, 6.45) is 6.69. The molecular formula is C25H23N5O. The Bertz CT molecular complexity index is 1330. The van der Waals surface area contributed by atoms with Crippen molar-refractivity contribution in [2.24, 2.45) is 0 Å². The number of aromatic nitrogens is 3. The molecule has 2 aromatic heterocycles. The number of hydrogen-bond acceptors (Lipinski definition) is 5. The molecule has 6 nitrogen and oxygen atoms in total. The Morgan fingerprint density at radius 1 is 1.10 bits per heavy atom. The van der Waals surface area contributed by atoms with Crippen LogP contribution in [-0.2, 0) is 0 Å². The van der Waals surface area contributed by atoms with E-state index in [4.69, 9.17) is 10.5 Å². The Hall–Kier alpha value is -3.85. The third kappa shape index (κ3) is 3.19. The van der Waals surface area contributed by atoms with Crippen molar-refractivity contribution in [2.75, 3.05) is 5.73 Å². The summed E-state index contributed by atoms with van der Waals surface area (Å²) in [5.74, 6) is 0.651. The second-order valence-corrected chi connectivity index (χ2v) is 8.13. The summed E-state index contributed by atoms with van der Waals surface area (Å²) in [5.41, 5.74) is 12.7. The van der Waals surface area contributed by atoms with Crippen molar-refractivity contribution in [3.63, 3.8) is 0 Å². The van der Waals surface area contributed by atoms with Gasteiger partial charge in [-0.05, 0) is 74.6 Å². The number of anilines is 1. The Morgan fingerprint density at radius 3 is 2.55 bits per heavy atom. The van der Waals surface area contributed by atoms with Crippen LogP contribution in [0.3, 0.4) is 0 Å². The lowest BCUT2D eigenvalue weighted by molar-refractivity contribution is 0.324. The molecule has 0 spiro atoms. The SMILES string of the molecule is Cc1cc(-c2c(C#N)c3ccc(Oc4ncccn4)cc3n2C2CCC2)c(C)cc1N. The molecule has 0 unspecified atom stereocenters. The number of benzene rings is 2. The Morgan fingerprint density at radius 2 is 1.87 bits per heavy atom. The van der Waals surface area contributed by atoms with E-state index >= 15 is 0 Å². The first-order valence-electron chi connectivity index (χ1n) is 10.5. The maximum Gasteiger partial charge on any atom is 0.321 e. The lowest BCUT2D eigenvalue weighted by Gasteiger charge is -2.30. The number of nitrogens with zero attached hydrogens (tertiary/aromatic N) is 4. The maximum absolute atomic E-state index is 10.1. The van der Waals surface area contributed by atoms with E-state index in [-0.39, 0.29) is 0 Å². The van der Waals surface area contributed by atoms with E-state index in [1.54, 1.807) is 18.5 Å². The summed E-state index contributed by atoms with van der Waals surface area (Å²) in [4.78, 5) is 8.30. The van der Waals surface area contributed by atoms with Gasteiger partial charge < -0.3 is 15.0 Å². The van der Waals surface area contributed by atoms with Crippen molar-refractivity contribution >= 4 is 16.6 Å². The Labute approximate surface area is 180 Å². The number of aryl methyl sites for hydroxylation is 2. The number of nitrogens with two attached hydrogens (primary N) is 1. The van der Waals surface area contributed by atoms with Gasteiger partial charge >= 0.3 is 6.01 Å². The van der Waals surface area contributed by atoms with E-state index in [0.717, 1.165) is 51.8 Å². The van der Waals surface area contributed by atoms with Crippen molar-refractivity contribution in [3.05, 3.63) is 65.5 Å². The van der Waals surface area contributed by atoms with Crippen LogP contribution in [0.5, 0.6) is 11.8 Å². The van der Waals surface area contributed by atoms with Gasteiger partial charge in [-0.3, -0.25) is 0 Å². The molecular weight excluding hydrogens is 386 g/mol. The molecule has 6 heteroatoms. The van der Waals surface area contributed by atoms with Crippen LogP contribution in [0.1, 0.15) is 42.0 Å². The monoisotopic (exact) mass is 409 g/mol. The van der Waals surface area contributed by atoms with Crippen molar-refractivity contribution in [2.45, 2.75) is 39.2 Å². The fourth-order valence-corrected chi connectivity index (χ4v) is 4.29. The molecule has 2 N–H and O–H groups in total. The molecule has 0 amide bonds. The average molecular weight is 409 g/mol. The molecule has 0 aliphatic heterocycles. The fraction of sp³-hybridized carbons (Fsp3) is 0.240. The van der Waals surface area contributed by atoms with Gasteiger partial charge in [-0.1, -0.05) is 0 Å². The van der Waals surface area contributed by atoms with Crippen LogP contribution in [0.2, 0.25) is 0 Å². The predicted molar refractivity (Wildman–Crippen MR) is 121 cm³/mol. The lowest BCUT2D eigenvalue weighted by Crippen LogP contribution is -2.18. The average Bonchev–Trinajstić information content (AvgIpc) is 3.03. The molecule has 0 saturated heterocycles. The molecule has 5 rings (SSSR count). The number of fused-ring (bicyclic) bond motifs is 1. The second-order valence-electron chi connectivity index (χ2n) is 8.13. The van der Waals surface area contributed by atoms with Crippen molar-refractivity contribution in [1.82, 2.24) is 14.5 Å². The molecule has 1 fully saturated rings. The smallest absolute Gasteiger partial charge is 0.321 e. The number of ether oxygens (including phenoxy) is 1. The first-order chi connectivity index (χ1) is 15.1. The van der Waals surface area contributed by atoms with Crippen LogP contribution in [0.15, 0.2) is 48.8 Å². The van der Waals surface area contributed by atoms with Gasteiger partial charge in [0.15, 0.2) is 0 Å². The third-order valence-electron chi connectivity index (χ3n) is 6.15. The molecule has 2 aromatic carbocycles. The number of nitriles is 1. The largest absolute Gasteiger partial charge is 0.424 e. The molecule has 0 bridgehead atoms. The summed E-state index contributed by atoms with van der Waals surface area (Å²) in [5, 5.41) is 11.1. The van der Waals surface area contributed by atoms with Gasteiger partial charge in [0.2, 0.25) is 0 Å². The van der Waals surface area contributed by atoms with E-state index in [1.807, 2.05) is 31.2 Å². The summed E-state index contributed by atoms with van der Waals surface area (Å²) in [7, 11) is 0.